The summed E-state index contributed by atoms with van der Waals surface area (Å²) in [5, 5.41) is 4.49. The molecule has 2 heterocycles. The predicted molar refractivity (Wildman–Crippen MR) is 84.2 cm³/mol. The number of hydrogen-bond donors (Lipinski definition) is 0. The van der Waals surface area contributed by atoms with E-state index in [2.05, 4.69) is 5.10 Å². The van der Waals surface area contributed by atoms with E-state index >= 15 is 0 Å². The van der Waals surface area contributed by atoms with Gasteiger partial charge in [-0.05, 0) is 39.0 Å². The molecule has 1 aromatic heterocycles. The van der Waals surface area contributed by atoms with Crippen molar-refractivity contribution in [2.75, 3.05) is 19.7 Å². The smallest absolute Gasteiger partial charge is 0.274 e. The number of aromatic nitrogens is 2. The van der Waals surface area contributed by atoms with Gasteiger partial charge < -0.3 is 9.64 Å². The van der Waals surface area contributed by atoms with E-state index in [0.717, 1.165) is 11.4 Å². The van der Waals surface area contributed by atoms with Gasteiger partial charge in [-0.1, -0.05) is 18.2 Å². The van der Waals surface area contributed by atoms with Crippen LogP contribution in [0.4, 0.5) is 0 Å². The SMILES string of the molecule is Cc1cc(C(=O)N2CCOC(C)(C)C2)nn1-c1ccccc1. The molecule has 1 aromatic carbocycles. The first kappa shape index (κ1) is 14.8. The number of para-hydroxylation sites is 1. The van der Waals surface area contributed by atoms with Crippen molar-refractivity contribution in [1.82, 2.24) is 14.7 Å². The molecule has 1 fully saturated rings. The molecule has 1 aliphatic rings. The van der Waals surface area contributed by atoms with Gasteiger partial charge in [0.1, 0.15) is 0 Å². The van der Waals surface area contributed by atoms with E-state index in [-0.39, 0.29) is 11.5 Å². The van der Waals surface area contributed by atoms with Crippen LogP contribution in [-0.2, 0) is 4.74 Å². The lowest BCUT2D eigenvalue weighted by Crippen LogP contribution is -2.50. The Morgan fingerprint density at radius 2 is 2.00 bits per heavy atom. The highest BCUT2D eigenvalue weighted by atomic mass is 16.5. The summed E-state index contributed by atoms with van der Waals surface area (Å²) in [6.45, 7) is 7.72. The average Bonchev–Trinajstić information content (AvgIpc) is 2.88. The molecule has 1 saturated heterocycles. The summed E-state index contributed by atoms with van der Waals surface area (Å²) in [6.07, 6.45) is 0. The highest BCUT2D eigenvalue weighted by molar-refractivity contribution is 5.92. The van der Waals surface area contributed by atoms with E-state index in [9.17, 15) is 4.79 Å². The largest absolute Gasteiger partial charge is 0.372 e. The summed E-state index contributed by atoms with van der Waals surface area (Å²) in [6, 6.07) is 11.7. The van der Waals surface area contributed by atoms with Gasteiger partial charge in [-0.3, -0.25) is 4.79 Å². The van der Waals surface area contributed by atoms with Crippen molar-refractivity contribution in [3.05, 3.63) is 47.8 Å². The van der Waals surface area contributed by atoms with Crippen molar-refractivity contribution < 1.29 is 9.53 Å². The Morgan fingerprint density at radius 3 is 2.68 bits per heavy atom. The van der Waals surface area contributed by atoms with Gasteiger partial charge in [0.25, 0.3) is 5.91 Å². The fourth-order valence-electron chi connectivity index (χ4n) is 2.76. The van der Waals surface area contributed by atoms with Gasteiger partial charge in [-0.2, -0.15) is 5.10 Å². The van der Waals surface area contributed by atoms with Crippen molar-refractivity contribution in [2.45, 2.75) is 26.4 Å². The van der Waals surface area contributed by atoms with Crippen molar-refractivity contribution >= 4 is 5.91 Å². The number of hydrogen-bond acceptors (Lipinski definition) is 3. The number of carbonyl (C=O) groups is 1. The Hall–Kier alpha value is -2.14. The molecule has 0 atom stereocenters. The topological polar surface area (TPSA) is 47.4 Å². The van der Waals surface area contributed by atoms with E-state index in [1.165, 1.54) is 0 Å². The van der Waals surface area contributed by atoms with Gasteiger partial charge >= 0.3 is 0 Å². The molecule has 0 saturated carbocycles. The van der Waals surface area contributed by atoms with Crippen LogP contribution in [0.1, 0.15) is 30.0 Å². The number of amides is 1. The lowest BCUT2D eigenvalue weighted by molar-refractivity contribution is -0.0765. The molecule has 0 bridgehead atoms. The standard InChI is InChI=1S/C17H21N3O2/c1-13-11-15(18-20(13)14-7-5-4-6-8-14)16(21)19-9-10-22-17(2,3)12-19/h4-8,11H,9-10,12H2,1-3H3. The van der Waals surface area contributed by atoms with E-state index in [0.29, 0.717) is 25.4 Å². The molecule has 1 aliphatic heterocycles. The Balaban J connectivity index is 1.85. The van der Waals surface area contributed by atoms with Crippen LogP contribution in [0.25, 0.3) is 5.69 Å². The highest BCUT2D eigenvalue weighted by Crippen LogP contribution is 2.19. The zero-order valence-corrected chi connectivity index (χ0v) is 13.2. The van der Waals surface area contributed by atoms with Crippen molar-refractivity contribution in [3.63, 3.8) is 0 Å². The second kappa shape index (κ2) is 5.57. The fraction of sp³-hybridized carbons (Fsp3) is 0.412. The minimum absolute atomic E-state index is 0.0332. The summed E-state index contributed by atoms with van der Waals surface area (Å²) in [7, 11) is 0. The molecule has 2 aromatic rings. The molecule has 0 N–H and O–H groups in total. The summed E-state index contributed by atoms with van der Waals surface area (Å²) >= 11 is 0. The molecule has 0 radical (unpaired) electrons. The molecular weight excluding hydrogens is 278 g/mol. The maximum Gasteiger partial charge on any atom is 0.274 e. The van der Waals surface area contributed by atoms with Gasteiger partial charge in [0.05, 0.1) is 17.9 Å². The predicted octanol–water partition coefficient (Wildman–Crippen LogP) is 2.43. The second-order valence-electron chi connectivity index (χ2n) is 6.25. The maximum absolute atomic E-state index is 12.7. The quantitative estimate of drug-likeness (QED) is 0.855. The average molecular weight is 299 g/mol. The van der Waals surface area contributed by atoms with E-state index < -0.39 is 0 Å². The van der Waals surface area contributed by atoms with Crippen LogP contribution in [-0.4, -0.2) is 45.9 Å². The molecule has 0 aliphatic carbocycles. The van der Waals surface area contributed by atoms with Gasteiger partial charge in [-0.15, -0.1) is 0 Å². The third-order valence-electron chi connectivity index (χ3n) is 3.82. The highest BCUT2D eigenvalue weighted by Gasteiger charge is 2.31. The zero-order chi connectivity index (χ0) is 15.7. The van der Waals surface area contributed by atoms with Gasteiger partial charge in [-0.25, -0.2) is 4.68 Å². The molecule has 3 rings (SSSR count). The number of nitrogens with zero attached hydrogens (tertiary/aromatic N) is 3. The van der Waals surface area contributed by atoms with Crippen molar-refractivity contribution in [3.8, 4) is 5.69 Å². The molecule has 116 valence electrons. The first-order valence-corrected chi connectivity index (χ1v) is 7.52. The number of carbonyl (C=O) groups excluding carboxylic acids is 1. The van der Waals surface area contributed by atoms with E-state index in [1.807, 2.05) is 62.1 Å². The van der Waals surface area contributed by atoms with Crippen LogP contribution in [0.15, 0.2) is 36.4 Å². The number of aryl methyl sites for hydroxylation is 1. The van der Waals surface area contributed by atoms with Crippen molar-refractivity contribution in [2.24, 2.45) is 0 Å². The number of benzene rings is 1. The van der Waals surface area contributed by atoms with E-state index in [4.69, 9.17) is 4.74 Å². The van der Waals surface area contributed by atoms with Crippen molar-refractivity contribution in [1.29, 1.82) is 0 Å². The summed E-state index contributed by atoms with van der Waals surface area (Å²) in [5.74, 6) is -0.0332. The van der Waals surface area contributed by atoms with Crippen LogP contribution in [0, 0.1) is 6.92 Å². The van der Waals surface area contributed by atoms with Crippen LogP contribution in [0.3, 0.4) is 0 Å². The van der Waals surface area contributed by atoms with Crippen LogP contribution < -0.4 is 0 Å². The second-order valence-corrected chi connectivity index (χ2v) is 6.25. The lowest BCUT2D eigenvalue weighted by Gasteiger charge is -2.37. The minimum atomic E-state index is -0.301. The van der Waals surface area contributed by atoms with Crippen LogP contribution in [0.5, 0.6) is 0 Å². The molecule has 0 unspecified atom stereocenters. The summed E-state index contributed by atoms with van der Waals surface area (Å²) < 4.78 is 7.46. The normalized spacial score (nSPS) is 17.5. The van der Waals surface area contributed by atoms with Gasteiger partial charge in [0.2, 0.25) is 0 Å². The lowest BCUT2D eigenvalue weighted by atomic mass is 10.1. The fourth-order valence-corrected chi connectivity index (χ4v) is 2.76. The maximum atomic E-state index is 12.7. The zero-order valence-electron chi connectivity index (χ0n) is 13.2. The Kier molecular flexibility index (Phi) is 3.74. The Bertz CT molecular complexity index is 676. The third kappa shape index (κ3) is 2.90. The first-order chi connectivity index (χ1) is 10.5. The summed E-state index contributed by atoms with van der Waals surface area (Å²) in [5.41, 5.74) is 2.09. The molecule has 5 nitrogen and oxygen atoms in total. The van der Waals surface area contributed by atoms with E-state index in [1.54, 1.807) is 4.68 Å². The van der Waals surface area contributed by atoms with Gasteiger partial charge in [0.15, 0.2) is 5.69 Å². The molecule has 1 amide bonds. The minimum Gasteiger partial charge on any atom is -0.372 e. The number of rotatable bonds is 2. The third-order valence-corrected chi connectivity index (χ3v) is 3.82. The number of ether oxygens (including phenoxy) is 1. The molecule has 22 heavy (non-hydrogen) atoms. The molecule has 0 spiro atoms. The van der Waals surface area contributed by atoms with Crippen LogP contribution in [0.2, 0.25) is 0 Å². The van der Waals surface area contributed by atoms with Crippen LogP contribution >= 0.6 is 0 Å². The molecule has 5 heteroatoms. The Morgan fingerprint density at radius 1 is 1.27 bits per heavy atom. The Labute approximate surface area is 130 Å². The van der Waals surface area contributed by atoms with Gasteiger partial charge in [0, 0.05) is 18.8 Å². The monoisotopic (exact) mass is 299 g/mol. The number of morpholine rings is 1. The summed E-state index contributed by atoms with van der Waals surface area (Å²) in [4.78, 5) is 14.5. The first-order valence-electron chi connectivity index (χ1n) is 7.52. The molecular formula is C17H21N3O2.